The van der Waals surface area contributed by atoms with E-state index in [9.17, 15) is 4.79 Å². The van der Waals surface area contributed by atoms with Crippen LogP contribution in [0.25, 0.3) is 16.9 Å². The van der Waals surface area contributed by atoms with Crippen molar-refractivity contribution in [1.29, 1.82) is 0 Å². The van der Waals surface area contributed by atoms with E-state index in [0.717, 1.165) is 11.3 Å². The molecule has 0 saturated heterocycles. The summed E-state index contributed by atoms with van der Waals surface area (Å²) in [6.45, 7) is 0. The Balaban J connectivity index is 2.27. The molecule has 3 aromatic rings. The van der Waals surface area contributed by atoms with E-state index in [4.69, 9.17) is 5.11 Å². The van der Waals surface area contributed by atoms with E-state index in [1.54, 1.807) is 16.8 Å². The first-order valence-electron chi connectivity index (χ1n) is 5.39. The molecule has 3 rings (SSSR count). The average Bonchev–Trinajstić information content (AvgIpc) is 2.83. The van der Waals surface area contributed by atoms with Gasteiger partial charge < -0.3 is 5.11 Å². The van der Waals surface area contributed by atoms with Crippen molar-refractivity contribution in [3.8, 4) is 11.3 Å². The normalized spacial score (nSPS) is 10.7. The zero-order valence-electron chi connectivity index (χ0n) is 9.32. The SMILES string of the molecule is O=C(O)c1cc2nccc(-c3ccccc3)n2n1. The summed E-state index contributed by atoms with van der Waals surface area (Å²) >= 11 is 0. The Labute approximate surface area is 102 Å². The van der Waals surface area contributed by atoms with E-state index in [-0.39, 0.29) is 5.69 Å². The van der Waals surface area contributed by atoms with Crippen LogP contribution in [0, 0.1) is 0 Å². The number of carbonyl (C=O) groups is 1. The fraction of sp³-hybridized carbons (Fsp3) is 0. The van der Waals surface area contributed by atoms with Crippen molar-refractivity contribution in [2.75, 3.05) is 0 Å². The first-order valence-corrected chi connectivity index (χ1v) is 5.39. The Bertz CT molecular complexity index is 719. The highest BCUT2D eigenvalue weighted by molar-refractivity contribution is 5.86. The van der Waals surface area contributed by atoms with E-state index in [0.29, 0.717) is 5.65 Å². The number of hydrogen-bond acceptors (Lipinski definition) is 3. The number of hydrogen-bond donors (Lipinski definition) is 1. The summed E-state index contributed by atoms with van der Waals surface area (Å²) in [7, 11) is 0. The molecular weight excluding hydrogens is 230 g/mol. The molecule has 0 amide bonds. The first-order chi connectivity index (χ1) is 8.75. The maximum atomic E-state index is 10.9. The van der Waals surface area contributed by atoms with E-state index >= 15 is 0 Å². The van der Waals surface area contributed by atoms with Gasteiger partial charge in [0.2, 0.25) is 0 Å². The Morgan fingerprint density at radius 2 is 1.94 bits per heavy atom. The van der Waals surface area contributed by atoms with Crippen LogP contribution in [0.15, 0.2) is 48.7 Å². The standard InChI is InChI=1S/C13H9N3O2/c17-13(18)10-8-12-14-7-6-11(16(12)15-10)9-4-2-1-3-5-9/h1-8H,(H,17,18). The molecule has 0 atom stereocenters. The van der Waals surface area contributed by atoms with E-state index in [1.165, 1.54) is 6.07 Å². The molecule has 1 aromatic carbocycles. The quantitative estimate of drug-likeness (QED) is 0.743. The van der Waals surface area contributed by atoms with Gasteiger partial charge in [0.15, 0.2) is 11.3 Å². The summed E-state index contributed by atoms with van der Waals surface area (Å²) in [5.41, 5.74) is 2.29. The number of carboxylic acid groups (broad SMARTS) is 1. The smallest absolute Gasteiger partial charge is 0.356 e. The minimum absolute atomic E-state index is 0.00844. The molecule has 5 heteroatoms. The zero-order chi connectivity index (χ0) is 12.5. The van der Waals surface area contributed by atoms with Crippen LogP contribution < -0.4 is 0 Å². The second-order valence-corrected chi connectivity index (χ2v) is 3.80. The van der Waals surface area contributed by atoms with Gasteiger partial charge >= 0.3 is 5.97 Å². The van der Waals surface area contributed by atoms with Gasteiger partial charge in [-0.2, -0.15) is 5.10 Å². The lowest BCUT2D eigenvalue weighted by Crippen LogP contribution is -1.99. The van der Waals surface area contributed by atoms with Crippen LogP contribution in [0.2, 0.25) is 0 Å². The number of aromatic nitrogens is 3. The Morgan fingerprint density at radius 3 is 2.67 bits per heavy atom. The summed E-state index contributed by atoms with van der Waals surface area (Å²) in [6.07, 6.45) is 1.64. The van der Waals surface area contributed by atoms with Crippen molar-refractivity contribution in [2.45, 2.75) is 0 Å². The van der Waals surface area contributed by atoms with Crippen LogP contribution in [0.5, 0.6) is 0 Å². The maximum absolute atomic E-state index is 10.9. The molecule has 5 nitrogen and oxygen atoms in total. The van der Waals surface area contributed by atoms with Crippen LogP contribution >= 0.6 is 0 Å². The molecule has 0 spiro atoms. The van der Waals surface area contributed by atoms with Gasteiger partial charge in [-0.25, -0.2) is 14.3 Å². The van der Waals surface area contributed by atoms with Gasteiger partial charge in [0, 0.05) is 17.8 Å². The van der Waals surface area contributed by atoms with Crippen LogP contribution in [0.1, 0.15) is 10.5 Å². The third-order valence-electron chi connectivity index (χ3n) is 2.65. The molecule has 0 radical (unpaired) electrons. The number of rotatable bonds is 2. The predicted octanol–water partition coefficient (Wildman–Crippen LogP) is 2.09. The van der Waals surface area contributed by atoms with Crippen molar-refractivity contribution in [2.24, 2.45) is 0 Å². The first kappa shape index (κ1) is 10.5. The maximum Gasteiger partial charge on any atom is 0.356 e. The van der Waals surface area contributed by atoms with E-state index < -0.39 is 5.97 Å². The monoisotopic (exact) mass is 239 g/mol. The van der Waals surface area contributed by atoms with Gasteiger partial charge in [0.25, 0.3) is 0 Å². The topological polar surface area (TPSA) is 67.5 Å². The molecule has 0 saturated carbocycles. The Hall–Kier alpha value is -2.69. The summed E-state index contributed by atoms with van der Waals surface area (Å²) in [6, 6.07) is 12.9. The summed E-state index contributed by atoms with van der Waals surface area (Å²) < 4.78 is 1.54. The summed E-state index contributed by atoms with van der Waals surface area (Å²) in [5.74, 6) is -1.06. The average molecular weight is 239 g/mol. The number of carboxylic acids is 1. The Kier molecular flexibility index (Phi) is 2.30. The molecule has 0 bridgehead atoms. The fourth-order valence-corrected chi connectivity index (χ4v) is 1.83. The van der Waals surface area contributed by atoms with Crippen LogP contribution in [-0.2, 0) is 0 Å². The van der Waals surface area contributed by atoms with Gasteiger partial charge in [0.05, 0.1) is 5.69 Å². The highest BCUT2D eigenvalue weighted by Crippen LogP contribution is 2.19. The molecule has 2 aromatic heterocycles. The van der Waals surface area contributed by atoms with Crippen molar-refractivity contribution in [1.82, 2.24) is 14.6 Å². The highest BCUT2D eigenvalue weighted by Gasteiger charge is 2.12. The summed E-state index contributed by atoms with van der Waals surface area (Å²) in [4.78, 5) is 15.0. The molecule has 88 valence electrons. The van der Waals surface area contributed by atoms with Crippen molar-refractivity contribution < 1.29 is 9.90 Å². The largest absolute Gasteiger partial charge is 0.476 e. The lowest BCUT2D eigenvalue weighted by Gasteiger charge is -2.03. The minimum Gasteiger partial charge on any atom is -0.476 e. The van der Waals surface area contributed by atoms with Crippen molar-refractivity contribution >= 4 is 11.6 Å². The number of nitrogens with zero attached hydrogens (tertiary/aromatic N) is 3. The Morgan fingerprint density at radius 1 is 1.17 bits per heavy atom. The number of aromatic carboxylic acids is 1. The van der Waals surface area contributed by atoms with Crippen molar-refractivity contribution in [3.05, 3.63) is 54.4 Å². The van der Waals surface area contributed by atoms with Gasteiger partial charge in [-0.05, 0) is 6.07 Å². The second-order valence-electron chi connectivity index (χ2n) is 3.80. The van der Waals surface area contributed by atoms with Crippen LogP contribution in [0.3, 0.4) is 0 Å². The second kappa shape index (κ2) is 3.96. The van der Waals surface area contributed by atoms with E-state index in [2.05, 4.69) is 10.1 Å². The predicted molar refractivity (Wildman–Crippen MR) is 65.4 cm³/mol. The molecule has 18 heavy (non-hydrogen) atoms. The summed E-state index contributed by atoms with van der Waals surface area (Å²) in [5, 5.41) is 13.0. The number of fused-ring (bicyclic) bond motifs is 1. The zero-order valence-corrected chi connectivity index (χ0v) is 9.32. The third kappa shape index (κ3) is 1.62. The lowest BCUT2D eigenvalue weighted by atomic mass is 10.1. The molecule has 0 fully saturated rings. The van der Waals surface area contributed by atoms with Gasteiger partial charge in [-0.15, -0.1) is 0 Å². The van der Waals surface area contributed by atoms with E-state index in [1.807, 2.05) is 30.3 Å². The molecule has 0 aliphatic heterocycles. The van der Waals surface area contributed by atoms with Crippen LogP contribution in [0.4, 0.5) is 0 Å². The highest BCUT2D eigenvalue weighted by atomic mass is 16.4. The molecule has 0 aliphatic rings. The lowest BCUT2D eigenvalue weighted by molar-refractivity contribution is 0.0690. The van der Waals surface area contributed by atoms with Gasteiger partial charge in [-0.3, -0.25) is 0 Å². The molecule has 2 heterocycles. The number of benzene rings is 1. The molecular formula is C13H9N3O2. The minimum atomic E-state index is -1.06. The molecule has 1 N–H and O–H groups in total. The van der Waals surface area contributed by atoms with Gasteiger partial charge in [-0.1, -0.05) is 30.3 Å². The fourth-order valence-electron chi connectivity index (χ4n) is 1.83. The van der Waals surface area contributed by atoms with Crippen molar-refractivity contribution in [3.63, 3.8) is 0 Å². The van der Waals surface area contributed by atoms with Crippen LogP contribution in [-0.4, -0.2) is 25.7 Å². The molecule has 0 aliphatic carbocycles. The molecule has 0 unspecified atom stereocenters. The van der Waals surface area contributed by atoms with Gasteiger partial charge in [0.1, 0.15) is 0 Å². The third-order valence-corrected chi connectivity index (χ3v) is 2.65.